The zero-order valence-corrected chi connectivity index (χ0v) is 11.4. The van der Waals surface area contributed by atoms with E-state index in [1.807, 2.05) is 0 Å². The normalized spacial score (nSPS) is 15.9. The largest absolute Gasteiger partial charge is 0.481 e. The summed E-state index contributed by atoms with van der Waals surface area (Å²) in [6.07, 6.45) is 1.12. The van der Waals surface area contributed by atoms with Gasteiger partial charge in [-0.25, -0.2) is 4.39 Å². The number of aryl methyl sites for hydroxylation is 1. The summed E-state index contributed by atoms with van der Waals surface area (Å²) < 4.78 is 18.7. The molecule has 5 nitrogen and oxygen atoms in total. The maximum atomic E-state index is 13.2. The van der Waals surface area contributed by atoms with Crippen LogP contribution in [0.25, 0.3) is 11.0 Å². The third-order valence-corrected chi connectivity index (χ3v) is 4.00. The molecule has 6 heteroatoms. The molecule has 0 aliphatic heterocycles. The second-order valence-electron chi connectivity index (χ2n) is 5.46. The molecule has 1 aromatic carbocycles. The molecular formula is C15H14FNO4. The fourth-order valence-electron chi connectivity index (χ4n) is 2.36. The summed E-state index contributed by atoms with van der Waals surface area (Å²) in [5.74, 6) is -1.68. The summed E-state index contributed by atoms with van der Waals surface area (Å²) in [6, 6.07) is 4.04. The number of carboxylic acid groups (broad SMARTS) is 1. The first kappa shape index (κ1) is 13.6. The molecule has 0 radical (unpaired) electrons. The van der Waals surface area contributed by atoms with E-state index in [9.17, 15) is 14.0 Å². The van der Waals surface area contributed by atoms with Crippen LogP contribution in [0.4, 0.5) is 4.39 Å². The van der Waals surface area contributed by atoms with E-state index in [4.69, 9.17) is 9.52 Å². The number of carboxylic acids is 1. The Balaban J connectivity index is 1.82. The third-order valence-electron chi connectivity index (χ3n) is 4.00. The van der Waals surface area contributed by atoms with Crippen molar-refractivity contribution in [1.29, 1.82) is 0 Å². The van der Waals surface area contributed by atoms with Crippen molar-refractivity contribution in [3.63, 3.8) is 0 Å². The van der Waals surface area contributed by atoms with Gasteiger partial charge in [-0.2, -0.15) is 0 Å². The number of benzene rings is 1. The molecule has 110 valence electrons. The quantitative estimate of drug-likeness (QED) is 0.907. The molecule has 1 amide bonds. The lowest BCUT2D eigenvalue weighted by atomic mass is 10.1. The summed E-state index contributed by atoms with van der Waals surface area (Å²) >= 11 is 0. The van der Waals surface area contributed by atoms with Crippen molar-refractivity contribution in [3.05, 3.63) is 35.3 Å². The van der Waals surface area contributed by atoms with E-state index in [1.165, 1.54) is 18.2 Å². The third kappa shape index (κ3) is 2.26. The van der Waals surface area contributed by atoms with Crippen LogP contribution in [0.1, 0.15) is 29.0 Å². The van der Waals surface area contributed by atoms with E-state index in [0.29, 0.717) is 29.4 Å². The SMILES string of the molecule is Cc1c(C(=O)NCC2(C(=O)O)CC2)oc2ccc(F)cc12. The van der Waals surface area contributed by atoms with Crippen LogP contribution in [0.5, 0.6) is 0 Å². The summed E-state index contributed by atoms with van der Waals surface area (Å²) in [5, 5.41) is 12.2. The summed E-state index contributed by atoms with van der Waals surface area (Å²) in [5.41, 5.74) is 0.141. The molecule has 0 atom stereocenters. The van der Waals surface area contributed by atoms with E-state index >= 15 is 0 Å². The van der Waals surface area contributed by atoms with Gasteiger partial charge in [0.05, 0.1) is 5.41 Å². The summed E-state index contributed by atoms with van der Waals surface area (Å²) in [4.78, 5) is 23.2. The van der Waals surface area contributed by atoms with Gasteiger partial charge in [0.1, 0.15) is 11.4 Å². The molecule has 2 aromatic rings. The van der Waals surface area contributed by atoms with Gasteiger partial charge in [-0.1, -0.05) is 0 Å². The number of rotatable bonds is 4. The van der Waals surface area contributed by atoms with Crippen LogP contribution in [0.2, 0.25) is 0 Å². The van der Waals surface area contributed by atoms with E-state index < -0.39 is 23.1 Å². The number of hydrogen-bond donors (Lipinski definition) is 2. The first-order valence-electron chi connectivity index (χ1n) is 6.63. The Morgan fingerprint density at radius 1 is 1.43 bits per heavy atom. The van der Waals surface area contributed by atoms with Gasteiger partial charge >= 0.3 is 5.97 Å². The lowest BCUT2D eigenvalue weighted by Gasteiger charge is -2.10. The number of halogens is 1. The monoisotopic (exact) mass is 291 g/mol. The molecule has 1 aliphatic rings. The Morgan fingerprint density at radius 3 is 2.76 bits per heavy atom. The predicted octanol–water partition coefficient (Wildman–Crippen LogP) is 2.47. The Hall–Kier alpha value is -2.37. The molecule has 3 rings (SSSR count). The summed E-state index contributed by atoms with van der Waals surface area (Å²) in [6.45, 7) is 1.75. The van der Waals surface area contributed by atoms with Gasteiger partial charge in [0.2, 0.25) is 0 Å². The average molecular weight is 291 g/mol. The number of carbonyl (C=O) groups excluding carboxylic acids is 1. The molecule has 1 saturated carbocycles. The number of nitrogens with one attached hydrogen (secondary N) is 1. The van der Waals surface area contributed by atoms with Crippen molar-refractivity contribution < 1.29 is 23.5 Å². The lowest BCUT2D eigenvalue weighted by Crippen LogP contribution is -2.34. The highest BCUT2D eigenvalue weighted by molar-refractivity contribution is 5.99. The maximum absolute atomic E-state index is 13.2. The predicted molar refractivity (Wildman–Crippen MR) is 72.5 cm³/mol. The molecular weight excluding hydrogens is 277 g/mol. The van der Waals surface area contributed by atoms with Crippen molar-refractivity contribution >= 4 is 22.8 Å². The van der Waals surface area contributed by atoms with Crippen LogP contribution in [-0.4, -0.2) is 23.5 Å². The number of aliphatic carboxylic acids is 1. The van der Waals surface area contributed by atoms with Crippen molar-refractivity contribution in [1.82, 2.24) is 5.32 Å². The van der Waals surface area contributed by atoms with Crippen LogP contribution in [-0.2, 0) is 4.79 Å². The molecule has 1 fully saturated rings. The molecule has 1 aromatic heterocycles. The minimum absolute atomic E-state index is 0.0754. The Bertz CT molecular complexity index is 745. The van der Waals surface area contributed by atoms with E-state index in [1.54, 1.807) is 6.92 Å². The van der Waals surface area contributed by atoms with E-state index in [-0.39, 0.29) is 12.3 Å². The second kappa shape index (κ2) is 4.58. The van der Waals surface area contributed by atoms with Gasteiger partial charge in [-0.05, 0) is 38.0 Å². The molecule has 1 heterocycles. The first-order valence-corrected chi connectivity index (χ1v) is 6.63. The van der Waals surface area contributed by atoms with Crippen LogP contribution >= 0.6 is 0 Å². The van der Waals surface area contributed by atoms with Crippen LogP contribution in [0.3, 0.4) is 0 Å². The fraction of sp³-hybridized carbons (Fsp3) is 0.333. The lowest BCUT2D eigenvalue weighted by molar-refractivity contribution is -0.143. The Kier molecular flexibility index (Phi) is 2.97. The molecule has 21 heavy (non-hydrogen) atoms. The van der Waals surface area contributed by atoms with Gasteiger partial charge in [0.15, 0.2) is 5.76 Å². The molecule has 1 aliphatic carbocycles. The van der Waals surface area contributed by atoms with Crippen LogP contribution in [0, 0.1) is 18.2 Å². The van der Waals surface area contributed by atoms with E-state index in [0.717, 1.165) is 0 Å². The van der Waals surface area contributed by atoms with E-state index in [2.05, 4.69) is 5.32 Å². The van der Waals surface area contributed by atoms with Crippen molar-refractivity contribution in [2.24, 2.45) is 5.41 Å². The summed E-state index contributed by atoms with van der Waals surface area (Å²) in [7, 11) is 0. The molecule has 0 saturated heterocycles. The topological polar surface area (TPSA) is 79.5 Å². The van der Waals surface area contributed by atoms with Crippen molar-refractivity contribution in [2.45, 2.75) is 19.8 Å². The van der Waals surface area contributed by atoms with Crippen LogP contribution < -0.4 is 5.32 Å². The number of amides is 1. The highest BCUT2D eigenvalue weighted by Gasteiger charge is 2.50. The second-order valence-corrected chi connectivity index (χ2v) is 5.46. The fourth-order valence-corrected chi connectivity index (χ4v) is 2.36. The van der Waals surface area contributed by atoms with Crippen molar-refractivity contribution in [2.75, 3.05) is 6.54 Å². The highest BCUT2D eigenvalue weighted by atomic mass is 19.1. The number of furan rings is 1. The number of hydrogen-bond acceptors (Lipinski definition) is 3. The van der Waals surface area contributed by atoms with Gasteiger partial charge in [-0.15, -0.1) is 0 Å². The van der Waals surface area contributed by atoms with Gasteiger partial charge in [0.25, 0.3) is 5.91 Å². The standard InChI is InChI=1S/C15H14FNO4/c1-8-10-6-9(16)2-3-11(10)21-12(8)13(18)17-7-15(4-5-15)14(19)20/h2-3,6H,4-5,7H2,1H3,(H,17,18)(H,19,20). The zero-order valence-electron chi connectivity index (χ0n) is 11.4. The number of carbonyl (C=O) groups is 2. The Morgan fingerprint density at radius 2 is 2.14 bits per heavy atom. The van der Waals surface area contributed by atoms with Crippen LogP contribution in [0.15, 0.2) is 22.6 Å². The molecule has 0 spiro atoms. The minimum atomic E-state index is -0.897. The molecule has 0 unspecified atom stereocenters. The highest BCUT2D eigenvalue weighted by Crippen LogP contribution is 2.45. The first-order chi connectivity index (χ1) is 9.93. The van der Waals surface area contributed by atoms with Gasteiger partial charge in [0, 0.05) is 17.5 Å². The van der Waals surface area contributed by atoms with Crippen molar-refractivity contribution in [3.8, 4) is 0 Å². The number of fused-ring (bicyclic) bond motifs is 1. The molecule has 0 bridgehead atoms. The smallest absolute Gasteiger partial charge is 0.311 e. The van der Waals surface area contributed by atoms with Gasteiger partial charge < -0.3 is 14.8 Å². The van der Waals surface area contributed by atoms with Gasteiger partial charge in [-0.3, -0.25) is 9.59 Å². The minimum Gasteiger partial charge on any atom is -0.481 e. The maximum Gasteiger partial charge on any atom is 0.311 e. The Labute approximate surface area is 119 Å². The average Bonchev–Trinajstić information content (AvgIpc) is 3.18. The zero-order chi connectivity index (χ0) is 15.2. The molecule has 2 N–H and O–H groups in total.